The second-order valence-corrected chi connectivity index (χ2v) is 16.5. The van der Waals surface area contributed by atoms with Crippen LogP contribution in [-0.2, 0) is 35.6 Å². The van der Waals surface area contributed by atoms with Crippen LogP contribution in [-0.4, -0.2) is 96.6 Å². The quantitative estimate of drug-likeness (QED) is 0.0711. The van der Waals surface area contributed by atoms with Crippen LogP contribution in [0.5, 0.6) is 5.75 Å². The molecule has 49 heavy (non-hydrogen) atoms. The Hall–Kier alpha value is -3.40. The lowest BCUT2D eigenvalue weighted by Gasteiger charge is -2.36. The molecule has 1 aliphatic rings. The second kappa shape index (κ2) is 18.6. The topological polar surface area (TPSA) is 193 Å². The fraction of sp³-hybridized carbons (Fsp3) is 0.676. The van der Waals surface area contributed by atoms with Crippen molar-refractivity contribution in [3.63, 3.8) is 0 Å². The van der Waals surface area contributed by atoms with Crippen molar-refractivity contribution in [3.8, 4) is 5.75 Å². The Morgan fingerprint density at radius 3 is 2.41 bits per heavy atom. The van der Waals surface area contributed by atoms with E-state index in [0.717, 1.165) is 42.8 Å². The number of rotatable bonds is 18. The molecule has 1 heterocycles. The fourth-order valence-electron chi connectivity index (χ4n) is 5.32. The van der Waals surface area contributed by atoms with Crippen molar-refractivity contribution >= 4 is 34.4 Å². The van der Waals surface area contributed by atoms with Crippen molar-refractivity contribution in [3.05, 3.63) is 35.3 Å². The summed E-state index contributed by atoms with van der Waals surface area (Å²) in [6, 6.07) is 4.59. The van der Waals surface area contributed by atoms with Crippen LogP contribution in [0.15, 0.2) is 34.7 Å². The fourth-order valence-corrected chi connectivity index (χ4v) is 6.81. The number of phenolic OH excluding ortho intramolecular Hbond substituents is 1. The number of hydrogen-bond donors (Lipinski definition) is 4. The summed E-state index contributed by atoms with van der Waals surface area (Å²) >= 11 is 0. The zero-order chi connectivity index (χ0) is 37.0. The van der Waals surface area contributed by atoms with Crippen LogP contribution in [0.3, 0.4) is 0 Å². The molecule has 2 atom stereocenters. The first-order valence-electron chi connectivity index (χ1n) is 16.7. The van der Waals surface area contributed by atoms with Gasteiger partial charge in [0.05, 0.1) is 23.1 Å². The number of benzene rings is 1. The SMILES string of the molecule is C=N/C(C(=O)Nc1cccc(CN(C)C(=O)OC(C)(C)C)c1O)=C(/N)N(C)S(=O)(=O)C(C)(C)CC(CCCCCCO)OC1CCCCO1. The van der Waals surface area contributed by atoms with Crippen molar-refractivity contribution in [2.24, 2.45) is 10.7 Å². The third-order valence-corrected chi connectivity index (χ3v) is 10.6. The van der Waals surface area contributed by atoms with E-state index in [1.807, 2.05) is 0 Å². The average Bonchev–Trinajstić information content (AvgIpc) is 3.02. The van der Waals surface area contributed by atoms with E-state index in [2.05, 4.69) is 17.0 Å². The summed E-state index contributed by atoms with van der Waals surface area (Å²) in [6.07, 6.45) is 5.18. The van der Waals surface area contributed by atoms with Gasteiger partial charge in [0.15, 0.2) is 12.0 Å². The van der Waals surface area contributed by atoms with E-state index in [4.69, 9.17) is 25.1 Å². The Morgan fingerprint density at radius 1 is 1.14 bits per heavy atom. The van der Waals surface area contributed by atoms with E-state index in [-0.39, 0.29) is 31.0 Å². The van der Waals surface area contributed by atoms with Crippen LogP contribution >= 0.6 is 0 Å². The smallest absolute Gasteiger partial charge is 0.410 e. The van der Waals surface area contributed by atoms with Crippen molar-refractivity contribution in [2.45, 2.75) is 122 Å². The van der Waals surface area contributed by atoms with Gasteiger partial charge in [0, 0.05) is 32.9 Å². The number of nitrogens with two attached hydrogens (primary N) is 1. The Labute approximate surface area is 291 Å². The maximum absolute atomic E-state index is 14.0. The van der Waals surface area contributed by atoms with Crippen LogP contribution in [0.2, 0.25) is 0 Å². The van der Waals surface area contributed by atoms with Crippen molar-refractivity contribution < 1.29 is 42.4 Å². The third-order valence-electron chi connectivity index (χ3n) is 8.13. The largest absolute Gasteiger partial charge is 0.505 e. The number of aromatic hydroxyl groups is 1. The Kier molecular flexibility index (Phi) is 15.8. The summed E-state index contributed by atoms with van der Waals surface area (Å²) in [4.78, 5) is 30.8. The summed E-state index contributed by atoms with van der Waals surface area (Å²) < 4.78 is 44.9. The van der Waals surface area contributed by atoms with Crippen LogP contribution in [0.4, 0.5) is 10.5 Å². The number of nitrogens with zero attached hydrogens (tertiary/aromatic N) is 3. The molecule has 1 aromatic carbocycles. The molecule has 15 heteroatoms. The van der Waals surface area contributed by atoms with Gasteiger partial charge in [-0.25, -0.2) is 13.2 Å². The minimum atomic E-state index is -4.19. The lowest BCUT2D eigenvalue weighted by molar-refractivity contribution is -0.191. The average molecular weight is 712 g/mol. The number of para-hydroxylation sites is 1. The van der Waals surface area contributed by atoms with E-state index in [1.54, 1.807) is 46.8 Å². The molecule has 0 bridgehead atoms. The van der Waals surface area contributed by atoms with Gasteiger partial charge >= 0.3 is 6.09 Å². The van der Waals surface area contributed by atoms with Crippen molar-refractivity contribution in [2.75, 3.05) is 32.6 Å². The van der Waals surface area contributed by atoms with Crippen LogP contribution in [0.1, 0.15) is 98.0 Å². The first-order valence-corrected chi connectivity index (χ1v) is 18.2. The lowest BCUT2D eigenvalue weighted by Crippen LogP contribution is -2.47. The number of unbranched alkanes of at least 4 members (excludes halogenated alkanes) is 3. The molecule has 2 amide bonds. The first kappa shape index (κ1) is 41.8. The van der Waals surface area contributed by atoms with E-state index in [0.29, 0.717) is 25.0 Å². The molecule has 1 fully saturated rings. The number of carbonyl (C=O) groups is 2. The van der Waals surface area contributed by atoms with Gasteiger partial charge in [-0.15, -0.1) is 0 Å². The number of nitrogens with one attached hydrogen (secondary N) is 1. The number of amides is 2. The van der Waals surface area contributed by atoms with E-state index in [1.165, 1.54) is 25.1 Å². The molecule has 5 N–H and O–H groups in total. The van der Waals surface area contributed by atoms with Crippen molar-refractivity contribution in [1.29, 1.82) is 0 Å². The lowest BCUT2D eigenvalue weighted by atomic mass is 9.99. The predicted octanol–water partition coefficient (Wildman–Crippen LogP) is 4.81. The summed E-state index contributed by atoms with van der Waals surface area (Å²) in [5.74, 6) is -1.67. The molecule has 278 valence electrons. The number of aliphatic hydroxyl groups excluding tert-OH is 1. The normalized spacial score (nSPS) is 16.7. The number of sulfonamides is 1. The molecule has 1 aromatic rings. The van der Waals surface area contributed by atoms with Gasteiger partial charge in [0.25, 0.3) is 5.91 Å². The van der Waals surface area contributed by atoms with Gasteiger partial charge in [0.2, 0.25) is 10.0 Å². The molecule has 0 spiro atoms. The van der Waals surface area contributed by atoms with Gasteiger partial charge in [-0.05, 0) is 85.9 Å². The highest BCUT2D eigenvalue weighted by Gasteiger charge is 2.42. The molecule has 0 aromatic heterocycles. The second-order valence-electron chi connectivity index (χ2n) is 13.9. The molecule has 0 saturated carbocycles. The molecule has 2 unspecified atom stereocenters. The zero-order valence-corrected chi connectivity index (χ0v) is 31.0. The third kappa shape index (κ3) is 12.5. The molecule has 14 nitrogen and oxygen atoms in total. The number of anilines is 1. The molecule has 1 saturated heterocycles. The number of aliphatic imine (C=N–C) groups is 1. The van der Waals surface area contributed by atoms with E-state index < -0.39 is 56.3 Å². The minimum absolute atomic E-state index is 0.0104. The Morgan fingerprint density at radius 2 is 1.82 bits per heavy atom. The zero-order valence-electron chi connectivity index (χ0n) is 30.2. The highest BCUT2D eigenvalue weighted by atomic mass is 32.2. The van der Waals surface area contributed by atoms with Gasteiger partial charge in [0.1, 0.15) is 17.2 Å². The Bertz CT molecular complexity index is 1400. The summed E-state index contributed by atoms with van der Waals surface area (Å²) in [6.45, 7) is 12.5. The number of ether oxygens (including phenoxy) is 3. The monoisotopic (exact) mass is 711 g/mol. The molecular weight excluding hydrogens is 654 g/mol. The minimum Gasteiger partial charge on any atom is -0.505 e. The highest BCUT2D eigenvalue weighted by molar-refractivity contribution is 7.90. The van der Waals surface area contributed by atoms with Gasteiger partial charge < -0.3 is 40.4 Å². The maximum Gasteiger partial charge on any atom is 0.410 e. The molecule has 0 radical (unpaired) electrons. The standard InChI is InChI=1S/C34H57N5O9S/c1-33(2,3)48-32(43)38(7)23-24-16-15-18-26(29(24)41)37-31(42)28(36-6)30(35)39(8)49(44,45)34(4,5)22-25(17-11-9-10-13-20-40)47-27-19-12-14-21-46-27/h15-16,18,25,27,40-41H,6,9-14,17,19-23,35H2,1-5,7-8H3,(H,37,42)/b30-28-. The Balaban J connectivity index is 2.25. The summed E-state index contributed by atoms with van der Waals surface area (Å²) in [5, 5.41) is 22.5. The molecular formula is C34H57N5O9S. The van der Waals surface area contributed by atoms with Gasteiger partial charge in [-0.3, -0.25) is 14.1 Å². The predicted molar refractivity (Wildman–Crippen MR) is 189 cm³/mol. The molecule has 1 aliphatic heterocycles. The number of phenols is 1. The first-order chi connectivity index (χ1) is 22.8. The highest BCUT2D eigenvalue weighted by Crippen LogP contribution is 2.33. The summed E-state index contributed by atoms with van der Waals surface area (Å²) in [7, 11) is -1.44. The van der Waals surface area contributed by atoms with Crippen molar-refractivity contribution in [1.82, 2.24) is 9.21 Å². The molecule has 2 rings (SSSR count). The van der Waals surface area contributed by atoms with Crippen LogP contribution in [0.25, 0.3) is 0 Å². The van der Waals surface area contributed by atoms with E-state index in [9.17, 15) is 23.1 Å². The number of carbonyl (C=O) groups excluding carboxylic acids is 2. The van der Waals surface area contributed by atoms with Crippen LogP contribution in [0, 0.1) is 0 Å². The van der Waals surface area contributed by atoms with Gasteiger partial charge in [-0.2, -0.15) is 0 Å². The number of aliphatic hydroxyl groups is 1. The van der Waals surface area contributed by atoms with Gasteiger partial charge in [-0.1, -0.05) is 31.4 Å². The number of hydrogen-bond acceptors (Lipinski definition) is 11. The summed E-state index contributed by atoms with van der Waals surface area (Å²) in [5.41, 5.74) is 5.41. The maximum atomic E-state index is 14.0. The molecule has 0 aliphatic carbocycles. The van der Waals surface area contributed by atoms with E-state index >= 15 is 0 Å². The van der Waals surface area contributed by atoms with Crippen LogP contribution < -0.4 is 11.1 Å².